The summed E-state index contributed by atoms with van der Waals surface area (Å²) in [5.74, 6) is 0.139. The first kappa shape index (κ1) is 14.6. The second-order valence-corrected chi connectivity index (χ2v) is 5.31. The minimum Gasteiger partial charge on any atom is -0.494 e. The quantitative estimate of drug-likeness (QED) is 0.751. The fourth-order valence-electron chi connectivity index (χ4n) is 1.60. The molecule has 0 radical (unpaired) electrons. The maximum Gasteiger partial charge on any atom is 0.309 e. The fourth-order valence-corrected chi connectivity index (χ4v) is 1.60. The molecule has 0 saturated carbocycles. The molecule has 0 fully saturated rings. The normalized spacial score (nSPS) is 11.3. The zero-order valence-corrected chi connectivity index (χ0v) is 11.4. The molecule has 0 aliphatic heterocycles. The number of carbonyl (C=O) groups is 1. The lowest BCUT2D eigenvalue weighted by molar-refractivity contribution is -0.147. The number of unbranched alkanes of at least 4 members (excludes halogenated alkanes) is 1. The van der Waals surface area contributed by atoms with E-state index >= 15 is 0 Å². The van der Waals surface area contributed by atoms with Crippen LogP contribution in [0.2, 0.25) is 0 Å². The molecule has 3 nitrogen and oxygen atoms in total. The molecule has 0 amide bonds. The summed E-state index contributed by atoms with van der Waals surface area (Å²) in [6.07, 6.45) is 2.43. The van der Waals surface area contributed by atoms with Crippen LogP contribution in [-0.4, -0.2) is 17.7 Å². The van der Waals surface area contributed by atoms with Crippen LogP contribution in [0.3, 0.4) is 0 Å². The van der Waals surface area contributed by atoms with E-state index in [0.717, 1.165) is 18.6 Å². The fraction of sp³-hybridized carbons (Fsp3) is 0.533. The number of benzene rings is 1. The Bertz CT molecular complexity index is 379. The third-order valence-electron chi connectivity index (χ3n) is 3.06. The smallest absolute Gasteiger partial charge is 0.309 e. The van der Waals surface area contributed by atoms with Crippen molar-refractivity contribution in [2.24, 2.45) is 5.41 Å². The molecule has 0 atom stereocenters. The number of hydrogen-bond acceptors (Lipinski definition) is 2. The number of aliphatic carboxylic acids is 1. The second-order valence-electron chi connectivity index (χ2n) is 5.31. The van der Waals surface area contributed by atoms with Crippen molar-refractivity contribution in [3.8, 4) is 5.75 Å². The Morgan fingerprint density at radius 2 is 1.83 bits per heavy atom. The molecule has 0 unspecified atom stereocenters. The van der Waals surface area contributed by atoms with Crippen LogP contribution in [0.4, 0.5) is 0 Å². The van der Waals surface area contributed by atoms with E-state index in [0.29, 0.717) is 13.0 Å². The summed E-state index contributed by atoms with van der Waals surface area (Å²) >= 11 is 0. The van der Waals surface area contributed by atoms with Crippen molar-refractivity contribution in [1.29, 1.82) is 0 Å². The highest BCUT2D eigenvalue weighted by molar-refractivity contribution is 5.73. The third kappa shape index (κ3) is 4.78. The van der Waals surface area contributed by atoms with Gasteiger partial charge in [0.1, 0.15) is 5.75 Å². The average Bonchev–Trinajstić information content (AvgIpc) is 2.31. The van der Waals surface area contributed by atoms with Gasteiger partial charge in [-0.15, -0.1) is 0 Å². The van der Waals surface area contributed by atoms with Crippen LogP contribution in [0.25, 0.3) is 0 Å². The van der Waals surface area contributed by atoms with Crippen LogP contribution in [0.5, 0.6) is 5.75 Å². The SMILES string of the molecule is Cc1ccc(OCCCCC(C)(C)C(=O)O)cc1. The van der Waals surface area contributed by atoms with Crippen LogP contribution in [0.1, 0.15) is 38.7 Å². The van der Waals surface area contributed by atoms with Crippen LogP contribution in [0, 0.1) is 12.3 Å². The second kappa shape index (κ2) is 6.43. The van der Waals surface area contributed by atoms with Crippen LogP contribution < -0.4 is 4.74 Å². The lowest BCUT2D eigenvalue weighted by Crippen LogP contribution is -2.23. The van der Waals surface area contributed by atoms with Crippen molar-refractivity contribution in [2.75, 3.05) is 6.61 Å². The predicted octanol–water partition coefficient (Wildman–Crippen LogP) is 3.65. The molecule has 1 rings (SSSR count). The standard InChI is InChI=1S/C15H22O3/c1-12-6-8-13(9-7-12)18-11-5-4-10-15(2,3)14(16)17/h6-9H,4-5,10-11H2,1-3H3,(H,16,17). The van der Waals surface area contributed by atoms with Crippen molar-refractivity contribution in [3.63, 3.8) is 0 Å². The molecule has 0 heterocycles. The lowest BCUT2D eigenvalue weighted by Gasteiger charge is -2.18. The van der Waals surface area contributed by atoms with Crippen molar-refractivity contribution >= 4 is 5.97 Å². The maximum atomic E-state index is 10.9. The maximum absolute atomic E-state index is 10.9. The Kier molecular flexibility index (Phi) is 5.20. The van der Waals surface area contributed by atoms with Gasteiger partial charge in [0.25, 0.3) is 0 Å². The van der Waals surface area contributed by atoms with E-state index in [1.807, 2.05) is 31.2 Å². The molecule has 0 aromatic heterocycles. The molecule has 0 spiro atoms. The summed E-state index contributed by atoms with van der Waals surface area (Å²) in [5, 5.41) is 8.97. The molecule has 100 valence electrons. The van der Waals surface area contributed by atoms with Gasteiger partial charge in [0, 0.05) is 0 Å². The summed E-state index contributed by atoms with van der Waals surface area (Å²) < 4.78 is 5.59. The van der Waals surface area contributed by atoms with Gasteiger partial charge >= 0.3 is 5.97 Å². The third-order valence-corrected chi connectivity index (χ3v) is 3.06. The number of carboxylic acid groups (broad SMARTS) is 1. The van der Waals surface area contributed by atoms with Gasteiger partial charge in [-0.05, 0) is 52.2 Å². The van der Waals surface area contributed by atoms with E-state index < -0.39 is 11.4 Å². The zero-order chi connectivity index (χ0) is 13.6. The van der Waals surface area contributed by atoms with Gasteiger partial charge in [0.05, 0.1) is 12.0 Å². The number of ether oxygens (including phenoxy) is 1. The van der Waals surface area contributed by atoms with Crippen LogP contribution in [0.15, 0.2) is 24.3 Å². The highest BCUT2D eigenvalue weighted by Gasteiger charge is 2.25. The first-order chi connectivity index (χ1) is 8.42. The molecular formula is C15H22O3. The number of rotatable bonds is 7. The van der Waals surface area contributed by atoms with E-state index in [9.17, 15) is 4.79 Å². The van der Waals surface area contributed by atoms with Gasteiger partial charge in [-0.3, -0.25) is 4.79 Å². The first-order valence-electron chi connectivity index (χ1n) is 6.35. The van der Waals surface area contributed by atoms with E-state index in [4.69, 9.17) is 9.84 Å². The Morgan fingerprint density at radius 3 is 2.39 bits per heavy atom. The Balaban J connectivity index is 2.20. The van der Waals surface area contributed by atoms with Crippen LogP contribution in [-0.2, 0) is 4.79 Å². The van der Waals surface area contributed by atoms with E-state index in [1.54, 1.807) is 13.8 Å². The Hall–Kier alpha value is -1.51. The zero-order valence-electron chi connectivity index (χ0n) is 11.4. The minimum atomic E-state index is -0.734. The monoisotopic (exact) mass is 250 g/mol. The van der Waals surface area contributed by atoms with E-state index in [-0.39, 0.29) is 0 Å². The van der Waals surface area contributed by atoms with Crippen molar-refractivity contribution < 1.29 is 14.6 Å². The molecule has 0 aliphatic carbocycles. The van der Waals surface area contributed by atoms with E-state index in [2.05, 4.69) is 0 Å². The molecule has 0 bridgehead atoms. The number of hydrogen-bond donors (Lipinski definition) is 1. The highest BCUT2D eigenvalue weighted by atomic mass is 16.5. The number of carboxylic acids is 1. The summed E-state index contributed by atoms with van der Waals surface area (Å²) in [6.45, 7) is 6.20. The van der Waals surface area contributed by atoms with Gasteiger partial charge in [-0.1, -0.05) is 17.7 Å². The minimum absolute atomic E-state index is 0.635. The van der Waals surface area contributed by atoms with E-state index in [1.165, 1.54) is 5.56 Å². The van der Waals surface area contributed by atoms with Gasteiger partial charge < -0.3 is 9.84 Å². The molecular weight excluding hydrogens is 228 g/mol. The summed E-state index contributed by atoms with van der Waals surface area (Å²) in [4.78, 5) is 10.9. The van der Waals surface area contributed by atoms with Crippen molar-refractivity contribution in [2.45, 2.75) is 40.0 Å². The molecule has 1 aromatic carbocycles. The molecule has 18 heavy (non-hydrogen) atoms. The summed E-state index contributed by atoms with van der Waals surface area (Å²) in [7, 11) is 0. The molecule has 0 aliphatic rings. The topological polar surface area (TPSA) is 46.5 Å². The van der Waals surface area contributed by atoms with Gasteiger partial charge in [0.2, 0.25) is 0 Å². The number of aryl methyl sites for hydroxylation is 1. The molecule has 1 N–H and O–H groups in total. The Labute approximate surface area is 109 Å². The highest BCUT2D eigenvalue weighted by Crippen LogP contribution is 2.23. The Morgan fingerprint density at radius 1 is 1.22 bits per heavy atom. The van der Waals surface area contributed by atoms with Gasteiger partial charge in [0.15, 0.2) is 0 Å². The largest absolute Gasteiger partial charge is 0.494 e. The summed E-state index contributed by atoms with van der Waals surface area (Å²) in [6, 6.07) is 7.94. The first-order valence-corrected chi connectivity index (χ1v) is 6.35. The molecule has 3 heteroatoms. The van der Waals surface area contributed by atoms with Gasteiger partial charge in [-0.25, -0.2) is 0 Å². The van der Waals surface area contributed by atoms with Crippen molar-refractivity contribution in [3.05, 3.63) is 29.8 Å². The molecule has 0 saturated heterocycles. The summed E-state index contributed by atoms with van der Waals surface area (Å²) in [5.41, 5.74) is 0.578. The van der Waals surface area contributed by atoms with Crippen molar-refractivity contribution in [1.82, 2.24) is 0 Å². The van der Waals surface area contributed by atoms with Crippen LogP contribution >= 0.6 is 0 Å². The van der Waals surface area contributed by atoms with Gasteiger partial charge in [-0.2, -0.15) is 0 Å². The lowest BCUT2D eigenvalue weighted by atomic mass is 9.87. The average molecular weight is 250 g/mol. The molecule has 1 aromatic rings. The predicted molar refractivity (Wildman–Crippen MR) is 71.9 cm³/mol.